The fourth-order valence-corrected chi connectivity index (χ4v) is 6.12. The smallest absolute Gasteiger partial charge is 0.234 e. The molecule has 2 saturated heterocycles. The molecule has 0 aromatic carbocycles. The lowest BCUT2D eigenvalue weighted by Gasteiger charge is -2.26. The predicted octanol–water partition coefficient (Wildman–Crippen LogP) is 1.27. The Hall–Kier alpha value is -1.76. The third kappa shape index (κ3) is 1.83. The largest absolute Gasteiger partial charge is 0.292 e. The van der Waals surface area contributed by atoms with E-state index in [1.54, 1.807) is 22.9 Å². The first kappa shape index (κ1) is 12.9. The van der Waals surface area contributed by atoms with Gasteiger partial charge in [-0.15, -0.1) is 0 Å². The van der Waals surface area contributed by atoms with Gasteiger partial charge in [-0.25, -0.2) is 18.4 Å². The quantitative estimate of drug-likeness (QED) is 0.780. The molecule has 2 unspecified atom stereocenters. The summed E-state index contributed by atoms with van der Waals surface area (Å²) in [4.78, 5) is 20.9. The second kappa shape index (κ2) is 4.37. The van der Waals surface area contributed by atoms with Gasteiger partial charge >= 0.3 is 0 Å². The standard InChI is InChI=1S/C14H15N3O3S/c18-13(12-8-16-14-15-4-1-5-17(12)14)9-6-10-2-3-11(7-9)21(10,19)20/h1,4-5,8-11H,2-3,6-7H2. The van der Waals surface area contributed by atoms with Gasteiger partial charge in [-0.3, -0.25) is 9.20 Å². The number of carbonyl (C=O) groups excluding carboxylic acids is 1. The topological polar surface area (TPSA) is 81.4 Å². The molecular weight excluding hydrogens is 290 g/mol. The first-order valence-electron chi connectivity index (χ1n) is 7.12. The average molecular weight is 305 g/mol. The Morgan fingerprint density at radius 3 is 2.62 bits per heavy atom. The van der Waals surface area contributed by atoms with Crippen molar-refractivity contribution < 1.29 is 13.2 Å². The van der Waals surface area contributed by atoms with E-state index < -0.39 is 9.84 Å². The van der Waals surface area contributed by atoms with Crippen LogP contribution in [0.15, 0.2) is 24.7 Å². The lowest BCUT2D eigenvalue weighted by molar-refractivity contribution is 0.0899. The van der Waals surface area contributed by atoms with E-state index in [4.69, 9.17) is 0 Å². The van der Waals surface area contributed by atoms with Crippen LogP contribution < -0.4 is 0 Å². The van der Waals surface area contributed by atoms with Crippen molar-refractivity contribution in [3.05, 3.63) is 30.4 Å². The second-order valence-electron chi connectivity index (χ2n) is 5.88. The first-order valence-corrected chi connectivity index (χ1v) is 8.73. The van der Waals surface area contributed by atoms with Crippen molar-refractivity contribution in [3.63, 3.8) is 0 Å². The van der Waals surface area contributed by atoms with Crippen LogP contribution >= 0.6 is 0 Å². The highest BCUT2D eigenvalue weighted by Crippen LogP contribution is 2.42. The molecule has 0 aliphatic carbocycles. The fourth-order valence-electron chi connectivity index (χ4n) is 3.64. The van der Waals surface area contributed by atoms with Gasteiger partial charge in [-0.2, -0.15) is 0 Å². The number of carbonyl (C=O) groups is 1. The van der Waals surface area contributed by atoms with Gasteiger partial charge in [0.15, 0.2) is 15.6 Å². The van der Waals surface area contributed by atoms with Crippen molar-refractivity contribution in [2.45, 2.75) is 36.2 Å². The van der Waals surface area contributed by atoms with Crippen LogP contribution in [0.4, 0.5) is 0 Å². The minimum absolute atomic E-state index is 0.0118. The Labute approximate surface area is 122 Å². The first-order chi connectivity index (χ1) is 10.1. The van der Waals surface area contributed by atoms with Crippen molar-refractivity contribution >= 4 is 21.4 Å². The normalized spacial score (nSPS) is 30.6. The molecule has 0 N–H and O–H groups in total. The SMILES string of the molecule is O=C(c1cnc2ncccn12)C1CC2CCC(C1)S2(=O)=O. The summed E-state index contributed by atoms with van der Waals surface area (Å²) in [5, 5.41) is -0.662. The minimum atomic E-state index is -2.99. The molecule has 0 radical (unpaired) electrons. The van der Waals surface area contributed by atoms with E-state index in [0.29, 0.717) is 37.2 Å². The third-order valence-electron chi connectivity index (χ3n) is 4.75. The summed E-state index contributed by atoms with van der Waals surface area (Å²) in [6.07, 6.45) is 7.23. The second-order valence-corrected chi connectivity index (χ2v) is 8.39. The number of hydrogen-bond donors (Lipinski definition) is 0. The summed E-state index contributed by atoms with van der Waals surface area (Å²) in [7, 11) is -2.99. The van der Waals surface area contributed by atoms with Crippen LogP contribution in [0.25, 0.3) is 5.78 Å². The van der Waals surface area contributed by atoms with Gasteiger partial charge in [0.1, 0.15) is 5.69 Å². The number of rotatable bonds is 2. The molecule has 7 heteroatoms. The molecule has 2 aliphatic heterocycles. The maximum atomic E-state index is 12.7. The maximum absolute atomic E-state index is 12.7. The number of sulfone groups is 1. The van der Waals surface area contributed by atoms with E-state index >= 15 is 0 Å². The Morgan fingerprint density at radius 1 is 1.19 bits per heavy atom. The molecule has 4 rings (SSSR count). The Bertz CT molecular complexity index is 807. The van der Waals surface area contributed by atoms with Crippen LogP contribution in [0.1, 0.15) is 36.2 Å². The number of imidazole rings is 1. The maximum Gasteiger partial charge on any atom is 0.234 e. The van der Waals surface area contributed by atoms with Gasteiger partial charge in [0.25, 0.3) is 0 Å². The van der Waals surface area contributed by atoms with E-state index in [0.717, 1.165) is 0 Å². The lowest BCUT2D eigenvalue weighted by atomic mass is 9.93. The molecule has 21 heavy (non-hydrogen) atoms. The van der Waals surface area contributed by atoms with Crippen molar-refractivity contribution in [1.82, 2.24) is 14.4 Å². The summed E-state index contributed by atoms with van der Waals surface area (Å²) in [6.45, 7) is 0. The van der Waals surface area contributed by atoms with Crippen molar-refractivity contribution in [2.75, 3.05) is 0 Å². The zero-order chi connectivity index (χ0) is 14.6. The molecule has 2 atom stereocenters. The Morgan fingerprint density at radius 2 is 1.90 bits per heavy atom. The Kier molecular flexibility index (Phi) is 2.69. The molecule has 2 aromatic rings. The van der Waals surface area contributed by atoms with Crippen molar-refractivity contribution in [1.29, 1.82) is 0 Å². The number of nitrogens with zero attached hydrogens (tertiary/aromatic N) is 3. The zero-order valence-corrected chi connectivity index (χ0v) is 12.2. The molecule has 0 saturated carbocycles. The van der Waals surface area contributed by atoms with Crippen LogP contribution in [0, 0.1) is 5.92 Å². The molecule has 2 aliphatic rings. The van der Waals surface area contributed by atoms with E-state index in [1.165, 1.54) is 6.20 Å². The summed E-state index contributed by atoms with van der Waals surface area (Å²) in [5.74, 6) is 0.265. The van der Waals surface area contributed by atoms with Crippen LogP contribution in [0.3, 0.4) is 0 Å². The number of aromatic nitrogens is 3. The molecule has 110 valence electrons. The van der Waals surface area contributed by atoms with Gasteiger partial charge in [0, 0.05) is 18.3 Å². The highest BCUT2D eigenvalue weighted by atomic mass is 32.2. The van der Waals surface area contributed by atoms with Gasteiger partial charge in [0.05, 0.1) is 16.7 Å². The number of ketones is 1. The highest BCUT2D eigenvalue weighted by molar-refractivity contribution is 7.93. The predicted molar refractivity (Wildman–Crippen MR) is 75.8 cm³/mol. The van der Waals surface area contributed by atoms with E-state index in [2.05, 4.69) is 9.97 Å². The molecule has 6 nitrogen and oxygen atoms in total. The summed E-state index contributed by atoms with van der Waals surface area (Å²) in [6, 6.07) is 1.75. The van der Waals surface area contributed by atoms with Crippen LogP contribution in [0.2, 0.25) is 0 Å². The van der Waals surface area contributed by atoms with Crippen LogP contribution in [-0.2, 0) is 9.84 Å². The van der Waals surface area contributed by atoms with Gasteiger partial charge in [-0.05, 0) is 31.7 Å². The number of Topliss-reactive ketones (excluding diaryl/α,β-unsaturated/α-hetero) is 1. The molecule has 0 amide bonds. The summed E-state index contributed by atoms with van der Waals surface area (Å²) >= 11 is 0. The van der Waals surface area contributed by atoms with E-state index in [9.17, 15) is 13.2 Å². The molecule has 0 spiro atoms. The fraction of sp³-hybridized carbons (Fsp3) is 0.500. The number of fused-ring (bicyclic) bond motifs is 3. The average Bonchev–Trinajstić information content (AvgIpc) is 2.90. The molecular formula is C14H15N3O3S. The van der Waals surface area contributed by atoms with Crippen molar-refractivity contribution in [3.8, 4) is 0 Å². The van der Waals surface area contributed by atoms with Gasteiger partial charge in [-0.1, -0.05) is 0 Å². The zero-order valence-electron chi connectivity index (χ0n) is 11.3. The molecule has 2 bridgehead atoms. The summed E-state index contributed by atoms with van der Waals surface area (Å²) < 4.78 is 25.9. The van der Waals surface area contributed by atoms with Crippen LogP contribution in [-0.4, -0.2) is 39.1 Å². The van der Waals surface area contributed by atoms with E-state index in [-0.39, 0.29) is 22.2 Å². The monoisotopic (exact) mass is 305 g/mol. The van der Waals surface area contributed by atoms with Crippen LogP contribution in [0.5, 0.6) is 0 Å². The van der Waals surface area contributed by atoms with E-state index in [1.807, 2.05) is 0 Å². The molecule has 2 aromatic heterocycles. The van der Waals surface area contributed by atoms with Crippen molar-refractivity contribution in [2.24, 2.45) is 5.92 Å². The Balaban J connectivity index is 1.68. The molecule has 4 heterocycles. The van der Waals surface area contributed by atoms with Gasteiger partial charge in [0.2, 0.25) is 5.78 Å². The highest BCUT2D eigenvalue weighted by Gasteiger charge is 2.48. The summed E-state index contributed by atoms with van der Waals surface area (Å²) in [5.41, 5.74) is 0.502. The van der Waals surface area contributed by atoms with Gasteiger partial charge < -0.3 is 0 Å². The third-order valence-corrected chi connectivity index (χ3v) is 7.46. The minimum Gasteiger partial charge on any atom is -0.292 e. The lowest BCUT2D eigenvalue weighted by Crippen LogP contribution is -2.36. The number of hydrogen-bond acceptors (Lipinski definition) is 5. The molecule has 2 fully saturated rings.